The average Bonchev–Trinajstić information content (AvgIpc) is 2.48. The first-order valence-electron chi connectivity index (χ1n) is 9.83. The van der Waals surface area contributed by atoms with E-state index >= 15 is 0 Å². The summed E-state index contributed by atoms with van der Waals surface area (Å²) in [6.07, 6.45) is 18.7. The van der Waals surface area contributed by atoms with Crippen LogP contribution in [0, 0.1) is 0 Å². The van der Waals surface area contributed by atoms with E-state index < -0.39 is 0 Å². The lowest BCUT2D eigenvalue weighted by Gasteiger charge is -2.07. The van der Waals surface area contributed by atoms with Gasteiger partial charge in [0.2, 0.25) is 0 Å². The molecule has 0 amide bonds. The van der Waals surface area contributed by atoms with E-state index in [1.807, 2.05) is 0 Å². The highest BCUT2D eigenvalue weighted by Crippen LogP contribution is 2.18. The van der Waals surface area contributed by atoms with Crippen LogP contribution < -0.4 is 0 Å². The molecule has 0 fully saturated rings. The summed E-state index contributed by atoms with van der Waals surface area (Å²) in [5.74, 6) is 0.263. The highest BCUT2D eigenvalue weighted by atomic mass is 16.1. The topological polar surface area (TPSA) is 17.1 Å². The van der Waals surface area contributed by atoms with Gasteiger partial charge in [-0.05, 0) is 38.7 Å². The normalized spacial score (nSPS) is 12.4. The van der Waals surface area contributed by atoms with Crippen molar-refractivity contribution in [1.82, 2.24) is 0 Å². The van der Waals surface area contributed by atoms with Crippen LogP contribution in [0.1, 0.15) is 118 Å². The average molecular weight is 309 g/mol. The molecule has 130 valence electrons. The van der Waals surface area contributed by atoms with Crippen molar-refractivity contribution in [2.24, 2.45) is 0 Å². The minimum absolute atomic E-state index is 0.263. The molecule has 0 aromatic rings. The van der Waals surface area contributed by atoms with E-state index in [2.05, 4.69) is 20.8 Å². The number of ketones is 1. The number of Topliss-reactive ketones (excluding diaryl/α,β-unsaturated/α-hetero) is 1. The van der Waals surface area contributed by atoms with Crippen molar-refractivity contribution in [1.29, 1.82) is 0 Å². The van der Waals surface area contributed by atoms with Gasteiger partial charge in [-0.1, -0.05) is 90.0 Å². The minimum Gasteiger partial charge on any atom is -0.295 e. The fourth-order valence-electron chi connectivity index (χ4n) is 3.23. The van der Waals surface area contributed by atoms with E-state index in [-0.39, 0.29) is 5.78 Å². The standard InChI is InChI=1S/C21H40O/c1-5-7-8-9-10-11-12-13-14-15-16-17-18-19(3)21(6-2)20(4)22/h5-18H2,1-4H3. The van der Waals surface area contributed by atoms with Crippen LogP contribution >= 0.6 is 0 Å². The van der Waals surface area contributed by atoms with Crippen LogP contribution in [0.5, 0.6) is 0 Å². The van der Waals surface area contributed by atoms with Gasteiger partial charge in [0.05, 0.1) is 0 Å². The van der Waals surface area contributed by atoms with E-state index in [0.717, 1.165) is 18.4 Å². The molecule has 0 saturated heterocycles. The Bertz CT molecular complexity index is 301. The number of allylic oxidation sites excluding steroid dienone is 2. The largest absolute Gasteiger partial charge is 0.295 e. The van der Waals surface area contributed by atoms with E-state index in [0.29, 0.717) is 0 Å². The first-order chi connectivity index (χ1) is 10.6. The first-order valence-corrected chi connectivity index (χ1v) is 9.83. The second-order valence-electron chi connectivity index (χ2n) is 6.81. The van der Waals surface area contributed by atoms with Gasteiger partial charge in [0.15, 0.2) is 5.78 Å². The molecule has 0 bridgehead atoms. The molecule has 0 radical (unpaired) electrons. The van der Waals surface area contributed by atoms with Gasteiger partial charge in [-0.25, -0.2) is 0 Å². The van der Waals surface area contributed by atoms with Crippen molar-refractivity contribution in [2.45, 2.75) is 118 Å². The quantitative estimate of drug-likeness (QED) is 0.227. The summed E-state index contributed by atoms with van der Waals surface area (Å²) in [6.45, 7) is 8.20. The molecule has 0 aromatic heterocycles. The Labute approximate surface area is 140 Å². The van der Waals surface area contributed by atoms with Crippen LogP contribution in [0.4, 0.5) is 0 Å². The molecule has 22 heavy (non-hydrogen) atoms. The molecule has 0 rings (SSSR count). The molecule has 0 spiro atoms. The maximum absolute atomic E-state index is 11.5. The Morgan fingerprint density at radius 3 is 1.41 bits per heavy atom. The summed E-state index contributed by atoms with van der Waals surface area (Å²) in [4.78, 5) is 11.5. The molecule has 0 aliphatic rings. The summed E-state index contributed by atoms with van der Waals surface area (Å²) in [6, 6.07) is 0. The molecule has 0 aliphatic heterocycles. The van der Waals surface area contributed by atoms with E-state index in [1.54, 1.807) is 6.92 Å². The Kier molecular flexibility index (Phi) is 14.9. The van der Waals surface area contributed by atoms with Gasteiger partial charge in [0.1, 0.15) is 0 Å². The number of carbonyl (C=O) groups is 1. The Balaban J connectivity index is 3.42. The highest BCUT2D eigenvalue weighted by molar-refractivity contribution is 5.93. The van der Waals surface area contributed by atoms with E-state index in [1.165, 1.54) is 82.6 Å². The monoisotopic (exact) mass is 308 g/mol. The maximum Gasteiger partial charge on any atom is 0.155 e. The van der Waals surface area contributed by atoms with Gasteiger partial charge in [0.25, 0.3) is 0 Å². The lowest BCUT2D eigenvalue weighted by atomic mass is 9.98. The molecule has 1 heteroatoms. The molecule has 0 aliphatic carbocycles. The summed E-state index contributed by atoms with van der Waals surface area (Å²) in [5, 5.41) is 0. The highest BCUT2D eigenvalue weighted by Gasteiger charge is 2.05. The lowest BCUT2D eigenvalue weighted by molar-refractivity contribution is -0.113. The van der Waals surface area contributed by atoms with Crippen LogP contribution in [0.25, 0.3) is 0 Å². The maximum atomic E-state index is 11.5. The molecule has 0 heterocycles. The number of carbonyl (C=O) groups excluding carboxylic acids is 1. The molecular weight excluding hydrogens is 268 g/mol. The van der Waals surface area contributed by atoms with Crippen LogP contribution in [-0.4, -0.2) is 5.78 Å². The second-order valence-corrected chi connectivity index (χ2v) is 6.81. The predicted octanol–water partition coefficient (Wildman–Crippen LogP) is 7.39. The third-order valence-corrected chi connectivity index (χ3v) is 4.70. The Morgan fingerprint density at radius 2 is 1.05 bits per heavy atom. The fourth-order valence-corrected chi connectivity index (χ4v) is 3.23. The summed E-state index contributed by atoms with van der Waals surface area (Å²) in [5.41, 5.74) is 2.38. The second kappa shape index (κ2) is 15.3. The number of hydrogen-bond donors (Lipinski definition) is 0. The summed E-state index contributed by atoms with van der Waals surface area (Å²) in [7, 11) is 0. The smallest absolute Gasteiger partial charge is 0.155 e. The van der Waals surface area contributed by atoms with Crippen molar-refractivity contribution in [3.8, 4) is 0 Å². The lowest BCUT2D eigenvalue weighted by Crippen LogP contribution is -1.99. The van der Waals surface area contributed by atoms with Crippen molar-refractivity contribution in [2.75, 3.05) is 0 Å². The first kappa shape index (κ1) is 21.4. The zero-order valence-electron chi connectivity index (χ0n) is 15.8. The zero-order chi connectivity index (χ0) is 16.6. The third kappa shape index (κ3) is 12.0. The van der Waals surface area contributed by atoms with Crippen molar-refractivity contribution >= 4 is 5.78 Å². The Hall–Kier alpha value is -0.590. The van der Waals surface area contributed by atoms with Gasteiger partial charge in [-0.3, -0.25) is 4.79 Å². The van der Waals surface area contributed by atoms with Gasteiger partial charge < -0.3 is 0 Å². The molecular formula is C21H40O. The Morgan fingerprint density at radius 1 is 0.636 bits per heavy atom. The van der Waals surface area contributed by atoms with E-state index in [9.17, 15) is 4.79 Å². The molecule has 0 unspecified atom stereocenters. The van der Waals surface area contributed by atoms with Crippen molar-refractivity contribution in [3.05, 3.63) is 11.1 Å². The van der Waals surface area contributed by atoms with E-state index in [4.69, 9.17) is 0 Å². The number of unbranched alkanes of at least 4 members (excludes halogenated alkanes) is 11. The van der Waals surface area contributed by atoms with Gasteiger partial charge in [-0.2, -0.15) is 0 Å². The SMILES string of the molecule is CCCCCCCCCCCCCCC(C)=C(CC)C(C)=O. The molecule has 1 nitrogen and oxygen atoms in total. The van der Waals surface area contributed by atoms with Gasteiger partial charge in [-0.15, -0.1) is 0 Å². The van der Waals surface area contributed by atoms with Crippen LogP contribution in [0.2, 0.25) is 0 Å². The minimum atomic E-state index is 0.263. The molecule has 0 saturated carbocycles. The summed E-state index contributed by atoms with van der Waals surface area (Å²) >= 11 is 0. The van der Waals surface area contributed by atoms with Crippen LogP contribution in [0.3, 0.4) is 0 Å². The van der Waals surface area contributed by atoms with Gasteiger partial charge in [0, 0.05) is 0 Å². The fraction of sp³-hybridized carbons (Fsp3) is 0.857. The predicted molar refractivity (Wildman–Crippen MR) is 99.4 cm³/mol. The molecule has 0 N–H and O–H groups in total. The number of rotatable bonds is 15. The number of hydrogen-bond acceptors (Lipinski definition) is 1. The zero-order valence-corrected chi connectivity index (χ0v) is 15.8. The molecule has 0 atom stereocenters. The third-order valence-electron chi connectivity index (χ3n) is 4.70. The molecule has 0 aromatic carbocycles. The van der Waals surface area contributed by atoms with Crippen molar-refractivity contribution in [3.63, 3.8) is 0 Å². The van der Waals surface area contributed by atoms with Crippen LogP contribution in [0.15, 0.2) is 11.1 Å². The van der Waals surface area contributed by atoms with Crippen LogP contribution in [-0.2, 0) is 4.79 Å². The summed E-state index contributed by atoms with van der Waals surface area (Å²) < 4.78 is 0. The van der Waals surface area contributed by atoms with Crippen molar-refractivity contribution < 1.29 is 4.79 Å². The van der Waals surface area contributed by atoms with Gasteiger partial charge >= 0.3 is 0 Å².